The van der Waals surface area contributed by atoms with Crippen molar-refractivity contribution in [3.63, 3.8) is 0 Å². The number of hydrogen-bond acceptors (Lipinski definition) is 2. The third-order valence-corrected chi connectivity index (χ3v) is 2.34. The van der Waals surface area contributed by atoms with Crippen LogP contribution in [0.15, 0.2) is 18.2 Å². The second-order valence-corrected chi connectivity index (χ2v) is 3.73. The number of nitrogens with zero attached hydrogens (tertiary/aromatic N) is 1. The first-order valence-corrected chi connectivity index (χ1v) is 5.46. The van der Waals surface area contributed by atoms with Gasteiger partial charge in [0.05, 0.1) is 12.1 Å². The SMILES string of the molecule is CCCN(CCC(=O)O)c1ccc(F)cc1F. The highest BCUT2D eigenvalue weighted by Gasteiger charge is 2.12. The normalized spacial score (nSPS) is 10.3. The average molecular weight is 243 g/mol. The first kappa shape index (κ1) is 13.4. The Labute approximate surface area is 98.7 Å². The van der Waals surface area contributed by atoms with Gasteiger partial charge in [0.2, 0.25) is 0 Å². The summed E-state index contributed by atoms with van der Waals surface area (Å²) >= 11 is 0. The summed E-state index contributed by atoms with van der Waals surface area (Å²) in [5.74, 6) is -2.24. The Kier molecular flexibility index (Phi) is 4.87. The van der Waals surface area contributed by atoms with Gasteiger partial charge in [-0.1, -0.05) is 6.92 Å². The van der Waals surface area contributed by atoms with Gasteiger partial charge in [-0.2, -0.15) is 0 Å². The number of anilines is 1. The molecule has 0 fully saturated rings. The molecule has 0 aliphatic heterocycles. The molecule has 1 N–H and O–H groups in total. The molecule has 0 bridgehead atoms. The van der Waals surface area contributed by atoms with Crippen LogP contribution in [-0.4, -0.2) is 24.2 Å². The van der Waals surface area contributed by atoms with Gasteiger partial charge in [-0.05, 0) is 18.6 Å². The molecule has 1 rings (SSSR count). The molecule has 0 saturated carbocycles. The lowest BCUT2D eigenvalue weighted by Crippen LogP contribution is -2.27. The molecule has 1 aromatic carbocycles. The topological polar surface area (TPSA) is 40.5 Å². The summed E-state index contributed by atoms with van der Waals surface area (Å²) in [5, 5.41) is 8.61. The molecule has 0 amide bonds. The zero-order chi connectivity index (χ0) is 12.8. The molecule has 0 unspecified atom stereocenters. The van der Waals surface area contributed by atoms with Crippen LogP contribution in [-0.2, 0) is 4.79 Å². The minimum atomic E-state index is -0.936. The second-order valence-electron chi connectivity index (χ2n) is 3.73. The first-order valence-electron chi connectivity index (χ1n) is 5.46. The fraction of sp³-hybridized carbons (Fsp3) is 0.417. The van der Waals surface area contributed by atoms with Gasteiger partial charge in [0.15, 0.2) is 0 Å². The molecule has 0 heterocycles. The van der Waals surface area contributed by atoms with E-state index >= 15 is 0 Å². The third-order valence-electron chi connectivity index (χ3n) is 2.34. The number of halogens is 2. The summed E-state index contributed by atoms with van der Waals surface area (Å²) in [6, 6.07) is 3.31. The Morgan fingerprint density at radius 1 is 1.35 bits per heavy atom. The third kappa shape index (κ3) is 4.01. The molecule has 1 aromatic rings. The van der Waals surface area contributed by atoms with Crippen LogP contribution >= 0.6 is 0 Å². The molecule has 0 spiro atoms. The first-order chi connectivity index (χ1) is 8.04. The summed E-state index contributed by atoms with van der Waals surface area (Å²) in [7, 11) is 0. The van der Waals surface area contributed by atoms with Crippen molar-refractivity contribution in [3.8, 4) is 0 Å². The van der Waals surface area contributed by atoms with Crippen LogP contribution in [0.5, 0.6) is 0 Å². The van der Waals surface area contributed by atoms with Crippen LogP contribution in [0.4, 0.5) is 14.5 Å². The molecular weight excluding hydrogens is 228 g/mol. The monoisotopic (exact) mass is 243 g/mol. The van der Waals surface area contributed by atoms with Crippen molar-refractivity contribution < 1.29 is 18.7 Å². The lowest BCUT2D eigenvalue weighted by atomic mass is 10.2. The zero-order valence-electron chi connectivity index (χ0n) is 9.62. The van der Waals surface area contributed by atoms with E-state index in [1.165, 1.54) is 12.1 Å². The number of benzene rings is 1. The Hall–Kier alpha value is -1.65. The van der Waals surface area contributed by atoms with Gasteiger partial charge < -0.3 is 10.0 Å². The molecule has 17 heavy (non-hydrogen) atoms. The van der Waals surface area contributed by atoms with Gasteiger partial charge >= 0.3 is 5.97 Å². The molecule has 0 atom stereocenters. The maximum absolute atomic E-state index is 13.5. The Morgan fingerprint density at radius 3 is 2.59 bits per heavy atom. The molecule has 0 saturated heterocycles. The second kappa shape index (κ2) is 6.18. The van der Waals surface area contributed by atoms with E-state index in [9.17, 15) is 13.6 Å². The lowest BCUT2D eigenvalue weighted by molar-refractivity contribution is -0.136. The minimum Gasteiger partial charge on any atom is -0.481 e. The lowest BCUT2D eigenvalue weighted by Gasteiger charge is -2.24. The van der Waals surface area contributed by atoms with Crippen LogP contribution in [0.1, 0.15) is 19.8 Å². The van der Waals surface area contributed by atoms with E-state index in [0.717, 1.165) is 12.5 Å². The molecular formula is C12H15F2NO2. The highest BCUT2D eigenvalue weighted by atomic mass is 19.1. The van der Waals surface area contributed by atoms with Gasteiger partial charge in [-0.25, -0.2) is 8.78 Å². The maximum Gasteiger partial charge on any atom is 0.305 e. The maximum atomic E-state index is 13.5. The molecule has 0 aliphatic rings. The van der Waals surface area contributed by atoms with Gasteiger partial charge in [-0.3, -0.25) is 4.79 Å². The van der Waals surface area contributed by atoms with Crippen LogP contribution in [0.3, 0.4) is 0 Å². The fourth-order valence-corrected chi connectivity index (χ4v) is 1.59. The van der Waals surface area contributed by atoms with Crippen LogP contribution in [0.25, 0.3) is 0 Å². The molecule has 5 heteroatoms. The quantitative estimate of drug-likeness (QED) is 0.835. The van der Waals surface area contributed by atoms with Crippen LogP contribution in [0, 0.1) is 11.6 Å². The predicted molar refractivity (Wildman–Crippen MR) is 61.1 cm³/mol. The smallest absolute Gasteiger partial charge is 0.305 e. The molecule has 0 aliphatic carbocycles. The van der Waals surface area contributed by atoms with E-state index in [2.05, 4.69) is 0 Å². The molecule has 0 radical (unpaired) electrons. The number of aliphatic carboxylic acids is 1. The molecule has 0 aromatic heterocycles. The molecule has 94 valence electrons. The van der Waals surface area contributed by atoms with E-state index in [0.29, 0.717) is 6.54 Å². The van der Waals surface area contributed by atoms with Crippen molar-refractivity contribution in [1.29, 1.82) is 0 Å². The summed E-state index contributed by atoms with van der Waals surface area (Å²) in [4.78, 5) is 12.1. The van der Waals surface area contributed by atoms with Crippen LogP contribution in [0.2, 0.25) is 0 Å². The van der Waals surface area contributed by atoms with Gasteiger partial charge in [-0.15, -0.1) is 0 Å². The van der Waals surface area contributed by atoms with Crippen molar-refractivity contribution in [2.24, 2.45) is 0 Å². The van der Waals surface area contributed by atoms with Gasteiger partial charge in [0, 0.05) is 19.2 Å². The Morgan fingerprint density at radius 2 is 2.06 bits per heavy atom. The fourth-order valence-electron chi connectivity index (χ4n) is 1.59. The van der Waals surface area contributed by atoms with Crippen molar-refractivity contribution in [3.05, 3.63) is 29.8 Å². The number of hydrogen-bond donors (Lipinski definition) is 1. The highest BCUT2D eigenvalue weighted by Crippen LogP contribution is 2.20. The number of carboxylic acid groups (broad SMARTS) is 1. The van der Waals surface area contributed by atoms with E-state index in [4.69, 9.17) is 5.11 Å². The summed E-state index contributed by atoms with van der Waals surface area (Å²) in [6.07, 6.45) is 0.688. The van der Waals surface area contributed by atoms with Gasteiger partial charge in [0.25, 0.3) is 0 Å². The highest BCUT2D eigenvalue weighted by molar-refractivity contribution is 5.67. The number of carbonyl (C=O) groups is 1. The Balaban J connectivity index is 2.84. The van der Waals surface area contributed by atoms with Crippen molar-refractivity contribution in [2.45, 2.75) is 19.8 Å². The summed E-state index contributed by atoms with van der Waals surface area (Å²) in [5.41, 5.74) is 0.245. The van der Waals surface area contributed by atoms with E-state index in [1.54, 1.807) is 4.90 Å². The van der Waals surface area contributed by atoms with Gasteiger partial charge in [0.1, 0.15) is 11.6 Å². The van der Waals surface area contributed by atoms with Crippen molar-refractivity contribution >= 4 is 11.7 Å². The van der Waals surface area contributed by atoms with Crippen molar-refractivity contribution in [1.82, 2.24) is 0 Å². The average Bonchev–Trinajstić information content (AvgIpc) is 2.24. The summed E-state index contributed by atoms with van der Waals surface area (Å²) < 4.78 is 26.3. The predicted octanol–water partition coefficient (Wildman–Crippen LogP) is 2.66. The van der Waals surface area contributed by atoms with Crippen molar-refractivity contribution in [2.75, 3.05) is 18.0 Å². The van der Waals surface area contributed by atoms with Crippen LogP contribution < -0.4 is 4.90 Å². The van der Waals surface area contributed by atoms with E-state index in [1.807, 2.05) is 6.92 Å². The number of rotatable bonds is 6. The minimum absolute atomic E-state index is 0.0726. The standard InChI is InChI=1S/C12H15F2NO2/c1-2-6-15(7-5-12(16)17)11-4-3-9(13)8-10(11)14/h3-4,8H,2,5-7H2,1H3,(H,16,17). The molecule has 3 nitrogen and oxygen atoms in total. The van der Waals surface area contributed by atoms with E-state index in [-0.39, 0.29) is 18.7 Å². The largest absolute Gasteiger partial charge is 0.481 e. The Bertz CT molecular complexity index is 396. The summed E-state index contributed by atoms with van der Waals surface area (Å²) in [6.45, 7) is 2.66. The zero-order valence-corrected chi connectivity index (χ0v) is 9.62. The number of carboxylic acids is 1. The van der Waals surface area contributed by atoms with E-state index < -0.39 is 17.6 Å².